The number of hydrogen-bond donors (Lipinski definition) is 0. The number of hydrogen-bond acceptors (Lipinski definition) is 1. The average Bonchev–Trinajstić information content (AvgIpc) is 2.47. The fourth-order valence-corrected chi connectivity index (χ4v) is 2.77. The van der Waals surface area contributed by atoms with Gasteiger partial charge in [0.1, 0.15) is 0 Å². The van der Waals surface area contributed by atoms with E-state index in [0.717, 1.165) is 10.9 Å². The van der Waals surface area contributed by atoms with Crippen molar-refractivity contribution in [2.75, 3.05) is 6.61 Å². The molecule has 0 fully saturated rings. The molecule has 0 aliphatic carbocycles. The second kappa shape index (κ2) is 7.24. The Morgan fingerprint density at radius 1 is 1.00 bits per heavy atom. The molecule has 2 heteroatoms. The molecule has 0 saturated carbocycles. The highest BCUT2D eigenvalue weighted by Gasteiger charge is 2.20. The summed E-state index contributed by atoms with van der Waals surface area (Å²) in [7, 11) is 0. The lowest BCUT2D eigenvalue weighted by Crippen LogP contribution is -2.24. The van der Waals surface area contributed by atoms with E-state index in [9.17, 15) is 0 Å². The molecule has 0 N–H and O–H groups in total. The summed E-state index contributed by atoms with van der Waals surface area (Å²) in [5.74, 6) is 0. The van der Waals surface area contributed by atoms with Crippen LogP contribution in [0.2, 0.25) is 0 Å². The van der Waals surface area contributed by atoms with E-state index < -0.39 is 0 Å². The number of benzene rings is 2. The molecule has 0 bridgehead atoms. The summed E-state index contributed by atoms with van der Waals surface area (Å²) in [6.07, 6.45) is 1.08. The van der Waals surface area contributed by atoms with Gasteiger partial charge >= 0.3 is 0 Å². The maximum absolute atomic E-state index is 5.93. The van der Waals surface area contributed by atoms with Gasteiger partial charge in [-0.2, -0.15) is 0 Å². The minimum absolute atomic E-state index is 0.0261. The number of rotatable bonds is 6. The first kappa shape index (κ1) is 16.3. The fourth-order valence-electron chi connectivity index (χ4n) is 2.33. The molecule has 0 aromatic heterocycles. The fraction of sp³-hybridized carbons (Fsp3) is 0.368. The average molecular weight is 347 g/mol. The maximum Gasteiger partial charge on any atom is 0.0717 e. The summed E-state index contributed by atoms with van der Waals surface area (Å²) < 4.78 is 7.03. The third-order valence-corrected chi connectivity index (χ3v) is 4.26. The molecule has 0 aliphatic rings. The Balaban J connectivity index is 1.94. The van der Waals surface area contributed by atoms with E-state index in [1.807, 2.05) is 12.1 Å². The van der Waals surface area contributed by atoms with Gasteiger partial charge in [-0.15, -0.1) is 0 Å². The smallest absolute Gasteiger partial charge is 0.0717 e. The Kier molecular flexibility index (Phi) is 5.60. The summed E-state index contributed by atoms with van der Waals surface area (Å²) in [5.41, 5.74) is 3.93. The Labute approximate surface area is 136 Å². The predicted octanol–water partition coefficient (Wildman–Crippen LogP) is 5.51. The van der Waals surface area contributed by atoms with Gasteiger partial charge < -0.3 is 4.74 Å². The van der Waals surface area contributed by atoms with Crippen LogP contribution >= 0.6 is 15.9 Å². The molecule has 2 aromatic rings. The number of halogens is 1. The molecule has 0 unspecified atom stereocenters. The van der Waals surface area contributed by atoms with Crippen molar-refractivity contribution in [1.82, 2.24) is 0 Å². The van der Waals surface area contributed by atoms with Crippen LogP contribution in [-0.2, 0) is 23.2 Å². The second-order valence-electron chi connectivity index (χ2n) is 6.06. The molecule has 0 atom stereocenters. The highest BCUT2D eigenvalue weighted by atomic mass is 79.9. The highest BCUT2D eigenvalue weighted by molar-refractivity contribution is 9.10. The predicted molar refractivity (Wildman–Crippen MR) is 92.6 cm³/mol. The Bertz CT molecular complexity index is 572. The zero-order valence-corrected chi connectivity index (χ0v) is 14.6. The van der Waals surface area contributed by atoms with Crippen molar-refractivity contribution >= 4 is 15.9 Å². The molecule has 0 radical (unpaired) electrons. The molecular formula is C19H23BrO. The van der Waals surface area contributed by atoms with Crippen LogP contribution < -0.4 is 0 Å². The SMILES string of the molecule is CCc1ccc(C(C)(C)COCc2cccc(Br)c2)cc1. The first-order valence-electron chi connectivity index (χ1n) is 7.43. The van der Waals surface area contributed by atoms with Crippen molar-refractivity contribution in [3.05, 3.63) is 69.7 Å². The molecule has 0 aliphatic heterocycles. The summed E-state index contributed by atoms with van der Waals surface area (Å²) in [5, 5.41) is 0. The van der Waals surface area contributed by atoms with Gasteiger partial charge in [0.05, 0.1) is 13.2 Å². The molecule has 0 heterocycles. The molecule has 1 nitrogen and oxygen atoms in total. The van der Waals surface area contributed by atoms with E-state index >= 15 is 0 Å². The van der Waals surface area contributed by atoms with E-state index in [2.05, 4.69) is 73.1 Å². The molecule has 21 heavy (non-hydrogen) atoms. The van der Waals surface area contributed by atoms with Crippen molar-refractivity contribution in [2.24, 2.45) is 0 Å². The van der Waals surface area contributed by atoms with Crippen molar-refractivity contribution in [3.63, 3.8) is 0 Å². The van der Waals surface area contributed by atoms with Gasteiger partial charge in [-0.3, -0.25) is 0 Å². The first-order chi connectivity index (χ1) is 10.0. The largest absolute Gasteiger partial charge is 0.376 e. The number of ether oxygens (including phenoxy) is 1. The van der Waals surface area contributed by atoms with Gasteiger partial charge in [0, 0.05) is 9.89 Å². The van der Waals surface area contributed by atoms with Crippen LogP contribution in [0.4, 0.5) is 0 Å². The molecule has 0 spiro atoms. The van der Waals surface area contributed by atoms with Crippen molar-refractivity contribution in [3.8, 4) is 0 Å². The topological polar surface area (TPSA) is 9.23 Å². The molecule has 2 aromatic carbocycles. The summed E-state index contributed by atoms with van der Waals surface area (Å²) in [6, 6.07) is 17.1. The second-order valence-corrected chi connectivity index (χ2v) is 6.97. The third kappa shape index (κ3) is 4.69. The summed E-state index contributed by atoms with van der Waals surface area (Å²) >= 11 is 3.49. The van der Waals surface area contributed by atoms with Gasteiger partial charge in [0.15, 0.2) is 0 Å². The summed E-state index contributed by atoms with van der Waals surface area (Å²) in [4.78, 5) is 0. The van der Waals surface area contributed by atoms with Gasteiger partial charge in [-0.05, 0) is 35.2 Å². The van der Waals surface area contributed by atoms with Crippen LogP contribution in [-0.4, -0.2) is 6.61 Å². The molecule has 2 rings (SSSR count). The zero-order chi connectivity index (χ0) is 15.3. The lowest BCUT2D eigenvalue weighted by Gasteiger charge is -2.25. The van der Waals surface area contributed by atoms with Gasteiger partial charge in [-0.25, -0.2) is 0 Å². The molecule has 112 valence electrons. The maximum atomic E-state index is 5.93. The van der Waals surface area contributed by atoms with Crippen LogP contribution in [0.3, 0.4) is 0 Å². The van der Waals surface area contributed by atoms with Crippen LogP contribution in [0, 0.1) is 0 Å². The van der Waals surface area contributed by atoms with E-state index in [1.165, 1.54) is 16.7 Å². The minimum atomic E-state index is 0.0261. The van der Waals surface area contributed by atoms with Gasteiger partial charge in [0.25, 0.3) is 0 Å². The normalized spacial score (nSPS) is 11.6. The zero-order valence-electron chi connectivity index (χ0n) is 13.0. The quantitative estimate of drug-likeness (QED) is 0.670. The monoisotopic (exact) mass is 346 g/mol. The van der Waals surface area contributed by atoms with E-state index in [0.29, 0.717) is 13.2 Å². The number of aryl methyl sites for hydroxylation is 1. The minimum Gasteiger partial charge on any atom is -0.376 e. The Morgan fingerprint density at radius 2 is 1.71 bits per heavy atom. The van der Waals surface area contributed by atoms with Crippen molar-refractivity contribution in [2.45, 2.75) is 39.2 Å². The van der Waals surface area contributed by atoms with Crippen molar-refractivity contribution in [1.29, 1.82) is 0 Å². The van der Waals surface area contributed by atoms with Gasteiger partial charge in [0.2, 0.25) is 0 Å². The third-order valence-electron chi connectivity index (χ3n) is 3.76. The summed E-state index contributed by atoms with van der Waals surface area (Å²) in [6.45, 7) is 8.01. The lowest BCUT2D eigenvalue weighted by atomic mass is 9.85. The standard InChI is InChI=1S/C19H23BrO/c1-4-15-8-10-17(11-9-15)19(2,3)14-21-13-16-6-5-7-18(20)12-16/h5-12H,4,13-14H2,1-3H3. The van der Waals surface area contributed by atoms with E-state index in [1.54, 1.807) is 0 Å². The Hall–Kier alpha value is -1.12. The first-order valence-corrected chi connectivity index (χ1v) is 8.22. The molecular weight excluding hydrogens is 324 g/mol. The van der Waals surface area contributed by atoms with Crippen LogP contribution in [0.15, 0.2) is 53.0 Å². The van der Waals surface area contributed by atoms with Crippen LogP contribution in [0.5, 0.6) is 0 Å². The molecule has 0 amide bonds. The lowest BCUT2D eigenvalue weighted by molar-refractivity contribution is 0.0824. The van der Waals surface area contributed by atoms with Crippen LogP contribution in [0.25, 0.3) is 0 Å². The molecule has 0 saturated heterocycles. The van der Waals surface area contributed by atoms with E-state index in [-0.39, 0.29) is 5.41 Å². The Morgan fingerprint density at radius 3 is 2.33 bits per heavy atom. The van der Waals surface area contributed by atoms with Crippen molar-refractivity contribution < 1.29 is 4.74 Å². The van der Waals surface area contributed by atoms with Gasteiger partial charge in [-0.1, -0.05) is 73.1 Å². The van der Waals surface area contributed by atoms with Crippen LogP contribution in [0.1, 0.15) is 37.5 Å². The highest BCUT2D eigenvalue weighted by Crippen LogP contribution is 2.24. The van der Waals surface area contributed by atoms with E-state index in [4.69, 9.17) is 4.74 Å².